The summed E-state index contributed by atoms with van der Waals surface area (Å²) in [4.78, 5) is 42.1. The Balaban J connectivity index is 1.57. The van der Waals surface area contributed by atoms with E-state index in [1.807, 2.05) is 12.1 Å². The van der Waals surface area contributed by atoms with Gasteiger partial charge < -0.3 is 29.6 Å². The first-order valence-electron chi connectivity index (χ1n) is 14.2. The van der Waals surface area contributed by atoms with Gasteiger partial charge in [0.05, 0.1) is 68.0 Å². The van der Waals surface area contributed by atoms with Gasteiger partial charge in [0, 0.05) is 13.2 Å². The van der Waals surface area contributed by atoms with Gasteiger partial charge in [-0.2, -0.15) is 0 Å². The molecule has 3 aromatic heterocycles. The molecule has 0 saturated carbocycles. The normalized spacial score (nSPS) is 11.0. The average Bonchev–Trinajstić information content (AvgIpc) is 3.02. The lowest BCUT2D eigenvalue weighted by Crippen LogP contribution is -2.27. The number of amides is 2. The van der Waals surface area contributed by atoms with Gasteiger partial charge in [0.25, 0.3) is 5.91 Å². The van der Waals surface area contributed by atoms with Crippen molar-refractivity contribution in [2.45, 2.75) is 39.4 Å². The lowest BCUT2D eigenvalue weighted by Gasteiger charge is -2.19. The first kappa shape index (κ1) is 33.9. The van der Waals surface area contributed by atoms with Gasteiger partial charge in [0.2, 0.25) is 0 Å². The number of hydrogen-bond acceptors (Lipinski definition) is 11. The molecule has 0 unspecified atom stereocenters. The third kappa shape index (κ3) is 9.25. The Hall–Kier alpha value is -5.01. The first-order valence-corrected chi connectivity index (χ1v) is 14.6. The Morgan fingerprint density at radius 3 is 2.39 bits per heavy atom. The fraction of sp³-hybridized carbons (Fsp3) is 0.312. The van der Waals surface area contributed by atoms with Gasteiger partial charge in [-0.3, -0.25) is 10.1 Å². The molecular weight excluding hydrogens is 614 g/mol. The maximum absolute atomic E-state index is 12.6. The molecule has 3 heterocycles. The number of nitrogens with zero attached hydrogens (tertiary/aromatic N) is 4. The lowest BCUT2D eigenvalue weighted by molar-refractivity contribution is 0.0634. The zero-order valence-electron chi connectivity index (χ0n) is 26.4. The van der Waals surface area contributed by atoms with Crippen molar-refractivity contribution in [3.05, 3.63) is 77.0 Å². The van der Waals surface area contributed by atoms with Gasteiger partial charge in [0.1, 0.15) is 16.6 Å². The highest BCUT2D eigenvalue weighted by Gasteiger charge is 2.20. The van der Waals surface area contributed by atoms with Crippen molar-refractivity contribution in [3.63, 3.8) is 0 Å². The van der Waals surface area contributed by atoms with E-state index in [-0.39, 0.29) is 17.7 Å². The highest BCUT2D eigenvalue weighted by molar-refractivity contribution is 6.29. The summed E-state index contributed by atoms with van der Waals surface area (Å²) < 4.78 is 22.3. The number of halogens is 1. The minimum Gasteiger partial charge on any atom is -0.494 e. The standard InChI is InChI=1S/C32H36ClN7O6/c1-32(2,3)46-31(42)40-27-9-7-8-20(38-27)18-45-11-10-19-12-22(29-36-15-21(43-5)16-37-29)28(44-6)25(13-19)39-24-14-26(33)35-17-23(24)30(41)34-4/h7-9,12-17H,10-11,18H2,1-6H3,(H,34,41)(H,35,39)(H,38,40,42). The predicted octanol–water partition coefficient (Wildman–Crippen LogP) is 5.81. The largest absolute Gasteiger partial charge is 0.494 e. The number of hydrogen-bond donors (Lipinski definition) is 3. The Morgan fingerprint density at radius 2 is 1.72 bits per heavy atom. The molecule has 0 aliphatic carbocycles. The van der Waals surface area contributed by atoms with Gasteiger partial charge in [-0.05, 0) is 63.1 Å². The number of anilines is 3. The van der Waals surface area contributed by atoms with Crippen LogP contribution in [-0.2, 0) is 22.5 Å². The number of benzene rings is 1. The number of methoxy groups -OCH3 is 2. The minimum atomic E-state index is -0.626. The molecule has 4 rings (SSSR count). The minimum absolute atomic E-state index is 0.205. The Labute approximate surface area is 272 Å². The molecule has 0 bridgehead atoms. The number of aromatic nitrogens is 4. The summed E-state index contributed by atoms with van der Waals surface area (Å²) in [5.74, 6) is 1.38. The van der Waals surface area contributed by atoms with E-state index >= 15 is 0 Å². The van der Waals surface area contributed by atoms with Crippen molar-refractivity contribution >= 4 is 40.8 Å². The second kappa shape index (κ2) is 15.3. The smallest absolute Gasteiger partial charge is 0.413 e. The van der Waals surface area contributed by atoms with Crippen LogP contribution in [0, 0.1) is 0 Å². The summed E-state index contributed by atoms with van der Waals surface area (Å²) in [6.45, 7) is 5.91. The van der Waals surface area contributed by atoms with Crippen LogP contribution in [0.2, 0.25) is 5.15 Å². The molecule has 0 fully saturated rings. The summed E-state index contributed by atoms with van der Waals surface area (Å²) >= 11 is 6.19. The highest BCUT2D eigenvalue weighted by Crippen LogP contribution is 2.39. The molecule has 0 saturated heterocycles. The maximum Gasteiger partial charge on any atom is 0.413 e. The summed E-state index contributed by atoms with van der Waals surface area (Å²) in [6.07, 6.45) is 4.44. The fourth-order valence-electron chi connectivity index (χ4n) is 4.27. The number of carbonyl (C=O) groups is 2. The molecule has 0 atom stereocenters. The van der Waals surface area contributed by atoms with Crippen LogP contribution >= 0.6 is 11.6 Å². The van der Waals surface area contributed by atoms with Gasteiger partial charge in [-0.15, -0.1) is 0 Å². The summed E-state index contributed by atoms with van der Waals surface area (Å²) in [5.41, 5.74) is 2.75. The van der Waals surface area contributed by atoms with Crippen LogP contribution < -0.4 is 25.4 Å². The molecule has 14 heteroatoms. The molecular formula is C32H36ClN7O6. The Kier molecular flexibility index (Phi) is 11.3. The third-order valence-electron chi connectivity index (χ3n) is 6.29. The second-order valence-electron chi connectivity index (χ2n) is 10.9. The van der Waals surface area contributed by atoms with E-state index in [1.165, 1.54) is 27.5 Å². The number of ether oxygens (including phenoxy) is 4. The topological polar surface area (TPSA) is 159 Å². The van der Waals surface area contributed by atoms with Crippen molar-refractivity contribution in [1.29, 1.82) is 0 Å². The number of nitrogens with one attached hydrogen (secondary N) is 3. The molecule has 0 radical (unpaired) electrons. The average molecular weight is 650 g/mol. The number of pyridine rings is 2. The SMILES string of the molecule is CNC(=O)c1cnc(Cl)cc1Nc1cc(CCOCc2cccc(NC(=O)OC(C)(C)C)n2)cc(-c2ncc(OC)cn2)c1OC. The highest BCUT2D eigenvalue weighted by atomic mass is 35.5. The van der Waals surface area contributed by atoms with E-state index in [9.17, 15) is 9.59 Å². The van der Waals surface area contributed by atoms with Crippen molar-refractivity contribution in [3.8, 4) is 22.9 Å². The second-order valence-corrected chi connectivity index (χ2v) is 11.3. The van der Waals surface area contributed by atoms with Crippen LogP contribution in [0.4, 0.5) is 22.0 Å². The maximum atomic E-state index is 12.6. The summed E-state index contributed by atoms with van der Waals surface area (Å²) in [6, 6.07) is 10.6. The molecule has 0 spiro atoms. The predicted molar refractivity (Wildman–Crippen MR) is 174 cm³/mol. The van der Waals surface area contributed by atoms with Crippen molar-refractivity contribution in [2.24, 2.45) is 0 Å². The Bertz CT molecular complexity index is 1680. The van der Waals surface area contributed by atoms with E-state index in [0.29, 0.717) is 64.4 Å². The molecule has 3 N–H and O–H groups in total. The summed E-state index contributed by atoms with van der Waals surface area (Å²) in [5, 5.41) is 8.74. The van der Waals surface area contributed by atoms with Crippen LogP contribution in [0.25, 0.3) is 11.4 Å². The molecule has 242 valence electrons. The fourth-order valence-corrected chi connectivity index (χ4v) is 4.43. The number of rotatable bonds is 12. The van der Waals surface area contributed by atoms with Crippen LogP contribution in [-0.4, -0.2) is 65.4 Å². The van der Waals surface area contributed by atoms with Crippen molar-refractivity contribution in [1.82, 2.24) is 25.3 Å². The van der Waals surface area contributed by atoms with E-state index < -0.39 is 11.7 Å². The molecule has 0 aliphatic rings. The van der Waals surface area contributed by atoms with Gasteiger partial charge in [-0.25, -0.2) is 24.7 Å². The van der Waals surface area contributed by atoms with Gasteiger partial charge in [0.15, 0.2) is 17.3 Å². The van der Waals surface area contributed by atoms with Crippen LogP contribution in [0.5, 0.6) is 11.5 Å². The molecule has 4 aromatic rings. The van der Waals surface area contributed by atoms with Crippen LogP contribution in [0.3, 0.4) is 0 Å². The molecule has 1 aromatic carbocycles. The van der Waals surface area contributed by atoms with Crippen LogP contribution in [0.15, 0.2) is 55.0 Å². The number of carbonyl (C=O) groups excluding carboxylic acids is 2. The quantitative estimate of drug-likeness (QED) is 0.125. The van der Waals surface area contributed by atoms with Crippen LogP contribution in [0.1, 0.15) is 42.4 Å². The summed E-state index contributed by atoms with van der Waals surface area (Å²) in [7, 11) is 4.60. The van der Waals surface area contributed by atoms with Crippen molar-refractivity contribution in [2.75, 3.05) is 38.5 Å². The van der Waals surface area contributed by atoms with E-state index in [4.69, 9.17) is 30.5 Å². The first-order chi connectivity index (χ1) is 22.0. The molecule has 13 nitrogen and oxygen atoms in total. The van der Waals surface area contributed by atoms with E-state index in [2.05, 4.69) is 35.9 Å². The van der Waals surface area contributed by atoms with Gasteiger partial charge in [-0.1, -0.05) is 17.7 Å². The molecule has 0 aliphatic heterocycles. The monoisotopic (exact) mass is 649 g/mol. The zero-order chi connectivity index (χ0) is 33.3. The molecule has 2 amide bonds. The molecule has 46 heavy (non-hydrogen) atoms. The zero-order valence-corrected chi connectivity index (χ0v) is 27.2. The lowest BCUT2D eigenvalue weighted by atomic mass is 10.0. The van der Waals surface area contributed by atoms with E-state index in [1.54, 1.807) is 57.4 Å². The van der Waals surface area contributed by atoms with Crippen molar-refractivity contribution < 1.29 is 28.5 Å². The van der Waals surface area contributed by atoms with E-state index in [0.717, 1.165) is 5.56 Å². The van der Waals surface area contributed by atoms with Gasteiger partial charge >= 0.3 is 6.09 Å². The Morgan fingerprint density at radius 1 is 0.957 bits per heavy atom. The third-order valence-corrected chi connectivity index (χ3v) is 6.50.